The Morgan fingerprint density at radius 1 is 1.18 bits per heavy atom. The third-order valence-corrected chi connectivity index (χ3v) is 3.44. The van der Waals surface area contributed by atoms with Gasteiger partial charge in [0.2, 0.25) is 0 Å². The van der Waals surface area contributed by atoms with Crippen LogP contribution in [0, 0.1) is 5.82 Å². The lowest BCUT2D eigenvalue weighted by Gasteiger charge is -2.15. The molecule has 2 aromatic carbocycles. The Morgan fingerprint density at radius 3 is 2.41 bits per heavy atom. The number of ether oxygens (including phenoxy) is 1. The molecule has 0 fully saturated rings. The Labute approximate surface area is 128 Å². The average molecular weight is 300 g/mol. The van der Waals surface area contributed by atoms with Crippen LogP contribution in [-0.2, 0) is 4.79 Å². The minimum absolute atomic E-state index is 0.213. The first-order valence-electron chi connectivity index (χ1n) is 6.82. The first-order valence-corrected chi connectivity index (χ1v) is 6.82. The second kappa shape index (κ2) is 6.89. The number of carbonyl (C=O) groups is 1. The average Bonchev–Trinajstić information content (AvgIpc) is 2.52. The second-order valence-corrected chi connectivity index (χ2v) is 4.96. The Balaban J connectivity index is 2.49. The van der Waals surface area contributed by atoms with Crippen LogP contribution in [0.4, 0.5) is 4.39 Å². The number of halogens is 1. The minimum Gasteiger partial charge on any atom is -0.497 e. The summed E-state index contributed by atoms with van der Waals surface area (Å²) in [6, 6.07) is 13.5. The van der Waals surface area contributed by atoms with Crippen LogP contribution in [0.15, 0.2) is 60.2 Å². The van der Waals surface area contributed by atoms with E-state index in [9.17, 15) is 9.18 Å². The zero-order chi connectivity index (χ0) is 16.1. The second-order valence-electron chi connectivity index (χ2n) is 4.96. The van der Waals surface area contributed by atoms with Crippen LogP contribution >= 0.6 is 0 Å². The van der Waals surface area contributed by atoms with Crippen LogP contribution in [-0.4, -0.2) is 18.2 Å². The van der Waals surface area contributed by atoms with Crippen LogP contribution in [0.25, 0.3) is 0 Å². The van der Waals surface area contributed by atoms with Crippen LogP contribution in [0.3, 0.4) is 0 Å². The third-order valence-electron chi connectivity index (χ3n) is 3.44. The SMILES string of the molecule is COc1ccc(C(C=C(C)C(=O)O)c2cccc(F)c2)cc1. The monoisotopic (exact) mass is 300 g/mol. The highest BCUT2D eigenvalue weighted by Crippen LogP contribution is 2.29. The number of aliphatic carboxylic acids is 1. The lowest BCUT2D eigenvalue weighted by Crippen LogP contribution is -2.03. The molecule has 0 bridgehead atoms. The first-order chi connectivity index (χ1) is 10.5. The molecular formula is C18H17FO3. The summed E-state index contributed by atoms with van der Waals surface area (Å²) in [5.74, 6) is -0.967. The molecule has 1 atom stereocenters. The maximum atomic E-state index is 13.5. The molecule has 0 aliphatic heterocycles. The van der Waals surface area contributed by atoms with E-state index in [4.69, 9.17) is 9.84 Å². The fourth-order valence-corrected chi connectivity index (χ4v) is 2.22. The van der Waals surface area contributed by atoms with Crippen LogP contribution < -0.4 is 4.74 Å². The largest absolute Gasteiger partial charge is 0.497 e. The highest BCUT2D eigenvalue weighted by atomic mass is 19.1. The number of allylic oxidation sites excluding steroid dienone is 1. The summed E-state index contributed by atoms with van der Waals surface area (Å²) >= 11 is 0. The molecule has 0 saturated carbocycles. The number of carboxylic acids is 1. The van der Waals surface area contributed by atoms with Crippen LogP contribution in [0.5, 0.6) is 5.75 Å². The summed E-state index contributed by atoms with van der Waals surface area (Å²) in [6.45, 7) is 1.53. The molecule has 0 aromatic heterocycles. The van der Waals surface area contributed by atoms with Crippen LogP contribution in [0.2, 0.25) is 0 Å². The Kier molecular flexibility index (Phi) is 4.94. The van der Waals surface area contributed by atoms with E-state index < -0.39 is 5.97 Å². The normalized spacial score (nSPS) is 12.8. The summed E-state index contributed by atoms with van der Waals surface area (Å²) in [6.07, 6.45) is 1.62. The van der Waals surface area contributed by atoms with Gasteiger partial charge in [-0.3, -0.25) is 0 Å². The van der Waals surface area contributed by atoms with E-state index >= 15 is 0 Å². The maximum absolute atomic E-state index is 13.5. The summed E-state index contributed by atoms with van der Waals surface area (Å²) in [4.78, 5) is 11.1. The number of methoxy groups -OCH3 is 1. The van der Waals surface area contributed by atoms with Gasteiger partial charge >= 0.3 is 5.97 Å². The molecule has 0 radical (unpaired) electrons. The number of benzene rings is 2. The number of hydrogen-bond acceptors (Lipinski definition) is 2. The fraction of sp³-hybridized carbons (Fsp3) is 0.167. The van der Waals surface area contributed by atoms with Crippen molar-refractivity contribution in [3.63, 3.8) is 0 Å². The van der Waals surface area contributed by atoms with Gasteiger partial charge in [0.1, 0.15) is 11.6 Å². The summed E-state index contributed by atoms with van der Waals surface area (Å²) < 4.78 is 18.6. The lowest BCUT2D eigenvalue weighted by molar-refractivity contribution is -0.132. The summed E-state index contributed by atoms with van der Waals surface area (Å²) in [5.41, 5.74) is 1.78. The molecular weight excluding hydrogens is 283 g/mol. The van der Waals surface area contributed by atoms with Crippen molar-refractivity contribution in [2.45, 2.75) is 12.8 Å². The van der Waals surface area contributed by atoms with Gasteiger partial charge in [-0.25, -0.2) is 9.18 Å². The predicted octanol–water partition coefficient (Wildman–Crippen LogP) is 4.00. The molecule has 2 rings (SSSR count). The van der Waals surface area contributed by atoms with Crippen molar-refractivity contribution >= 4 is 5.97 Å². The summed E-state index contributed by atoms with van der Waals surface area (Å²) in [7, 11) is 1.58. The van der Waals surface area contributed by atoms with Gasteiger partial charge in [0, 0.05) is 11.5 Å². The highest BCUT2D eigenvalue weighted by Gasteiger charge is 2.15. The molecule has 0 amide bonds. The third kappa shape index (κ3) is 3.73. The fourth-order valence-electron chi connectivity index (χ4n) is 2.22. The molecule has 1 N–H and O–H groups in total. The molecule has 22 heavy (non-hydrogen) atoms. The molecule has 0 spiro atoms. The Hall–Kier alpha value is -2.62. The van der Waals surface area contributed by atoms with Gasteiger partial charge in [0.05, 0.1) is 7.11 Å². The molecule has 1 unspecified atom stereocenters. The van der Waals surface area contributed by atoms with Gasteiger partial charge in [-0.2, -0.15) is 0 Å². The van der Waals surface area contributed by atoms with Crippen molar-refractivity contribution < 1.29 is 19.0 Å². The molecule has 114 valence electrons. The van der Waals surface area contributed by atoms with Crippen molar-refractivity contribution in [3.05, 3.63) is 77.1 Å². The van der Waals surface area contributed by atoms with Crippen molar-refractivity contribution in [3.8, 4) is 5.75 Å². The van der Waals surface area contributed by atoms with Gasteiger partial charge in [-0.1, -0.05) is 30.3 Å². The molecule has 0 aliphatic rings. The Bertz CT molecular complexity index is 690. The van der Waals surface area contributed by atoms with E-state index in [2.05, 4.69) is 0 Å². The zero-order valence-electron chi connectivity index (χ0n) is 12.4. The van der Waals surface area contributed by atoms with Crippen molar-refractivity contribution in [1.82, 2.24) is 0 Å². The van der Waals surface area contributed by atoms with E-state index in [0.717, 1.165) is 5.56 Å². The smallest absolute Gasteiger partial charge is 0.330 e. The molecule has 3 nitrogen and oxygen atoms in total. The minimum atomic E-state index is -0.991. The van der Waals surface area contributed by atoms with E-state index in [-0.39, 0.29) is 17.3 Å². The van der Waals surface area contributed by atoms with E-state index in [1.165, 1.54) is 19.1 Å². The molecule has 4 heteroatoms. The zero-order valence-corrected chi connectivity index (χ0v) is 12.4. The van der Waals surface area contributed by atoms with Gasteiger partial charge in [-0.05, 0) is 42.3 Å². The van der Waals surface area contributed by atoms with E-state index in [1.807, 2.05) is 12.1 Å². The van der Waals surface area contributed by atoms with Crippen LogP contribution in [0.1, 0.15) is 24.0 Å². The first kappa shape index (κ1) is 15.8. The molecule has 0 aliphatic carbocycles. The van der Waals surface area contributed by atoms with E-state index in [1.54, 1.807) is 37.5 Å². The highest BCUT2D eigenvalue weighted by molar-refractivity contribution is 5.86. The topological polar surface area (TPSA) is 46.5 Å². The van der Waals surface area contributed by atoms with Gasteiger partial charge < -0.3 is 9.84 Å². The van der Waals surface area contributed by atoms with Gasteiger partial charge in [0.15, 0.2) is 0 Å². The lowest BCUT2D eigenvalue weighted by atomic mass is 9.89. The number of hydrogen-bond donors (Lipinski definition) is 1. The molecule has 0 saturated heterocycles. The van der Waals surface area contributed by atoms with E-state index in [0.29, 0.717) is 11.3 Å². The maximum Gasteiger partial charge on any atom is 0.330 e. The van der Waals surface area contributed by atoms with Crippen molar-refractivity contribution in [2.75, 3.05) is 7.11 Å². The standard InChI is InChI=1S/C18H17FO3/c1-12(18(20)21)10-17(14-4-3-5-15(19)11-14)13-6-8-16(22-2)9-7-13/h3-11,17H,1-2H3,(H,20,21). The number of carboxylic acid groups (broad SMARTS) is 1. The van der Waals surface area contributed by atoms with Crippen molar-refractivity contribution in [2.24, 2.45) is 0 Å². The number of rotatable bonds is 5. The van der Waals surface area contributed by atoms with Gasteiger partial charge in [-0.15, -0.1) is 0 Å². The van der Waals surface area contributed by atoms with Gasteiger partial charge in [0.25, 0.3) is 0 Å². The van der Waals surface area contributed by atoms with Crippen molar-refractivity contribution in [1.29, 1.82) is 0 Å². The Morgan fingerprint density at radius 2 is 1.86 bits per heavy atom. The quantitative estimate of drug-likeness (QED) is 0.849. The molecule has 0 heterocycles. The summed E-state index contributed by atoms with van der Waals surface area (Å²) in [5, 5.41) is 9.10. The predicted molar refractivity (Wildman–Crippen MR) is 82.6 cm³/mol. The molecule has 2 aromatic rings.